The quantitative estimate of drug-likeness (QED) is 0.436. The second-order valence-corrected chi connectivity index (χ2v) is 2.83. The van der Waals surface area contributed by atoms with Crippen LogP contribution in [0.15, 0.2) is 30.1 Å². The van der Waals surface area contributed by atoms with E-state index in [1.165, 1.54) is 0 Å². The molecule has 3 nitrogen and oxygen atoms in total. The zero-order chi connectivity index (χ0) is 7.68. The number of fused-ring (bicyclic) bond motifs is 1. The Morgan fingerprint density at radius 1 is 1.36 bits per heavy atom. The van der Waals surface area contributed by atoms with Crippen molar-refractivity contribution < 1.29 is 4.85 Å². The third-order valence-corrected chi connectivity index (χ3v) is 2.13. The van der Waals surface area contributed by atoms with E-state index in [1.807, 2.05) is 24.0 Å². The Morgan fingerprint density at radius 2 is 2.18 bits per heavy atom. The molecule has 0 N–H and O–H groups in total. The number of rotatable bonds is 0. The Labute approximate surface area is 65.0 Å². The molecule has 0 aliphatic heterocycles. The standard InChI is InChI=1S/C7H5N2OP/c10-9-7-4-2-1-3-6(7)5-11-8-9/h1-5H. The third-order valence-electron chi connectivity index (χ3n) is 1.47. The molecule has 0 aliphatic carbocycles. The van der Waals surface area contributed by atoms with E-state index in [2.05, 4.69) is 4.86 Å². The van der Waals surface area contributed by atoms with Crippen LogP contribution in [0, 0.1) is 5.21 Å². The lowest BCUT2D eigenvalue weighted by Crippen LogP contribution is -2.29. The summed E-state index contributed by atoms with van der Waals surface area (Å²) >= 11 is 0. The number of para-hydroxylation sites is 1. The molecular weight excluding hydrogens is 159 g/mol. The van der Waals surface area contributed by atoms with Gasteiger partial charge in [-0.25, -0.2) is 0 Å². The summed E-state index contributed by atoms with van der Waals surface area (Å²) in [5.74, 6) is 1.91. The molecule has 0 saturated heterocycles. The molecule has 0 saturated carbocycles. The molecule has 0 aliphatic rings. The van der Waals surface area contributed by atoms with Gasteiger partial charge in [-0.1, -0.05) is 12.1 Å². The molecular formula is C7H5N2OP. The lowest BCUT2D eigenvalue weighted by Gasteiger charge is -1.94. The van der Waals surface area contributed by atoms with Crippen LogP contribution in [0.4, 0.5) is 0 Å². The fourth-order valence-corrected chi connectivity index (χ4v) is 1.54. The van der Waals surface area contributed by atoms with E-state index in [1.54, 1.807) is 6.07 Å². The molecule has 0 spiro atoms. The summed E-state index contributed by atoms with van der Waals surface area (Å²) in [6, 6.07) is 7.40. The maximum absolute atomic E-state index is 11.0. The van der Waals surface area contributed by atoms with E-state index in [-0.39, 0.29) is 0 Å². The van der Waals surface area contributed by atoms with E-state index in [0.29, 0.717) is 18.7 Å². The average molecular weight is 164 g/mol. The minimum absolute atomic E-state index is 0.631. The van der Waals surface area contributed by atoms with Crippen LogP contribution in [0.1, 0.15) is 0 Å². The number of nitrogens with zero attached hydrogens (tertiary/aromatic N) is 2. The summed E-state index contributed by atoms with van der Waals surface area (Å²) in [4.78, 5) is 4.33. The summed E-state index contributed by atoms with van der Waals surface area (Å²) in [7, 11) is 0.711. The van der Waals surface area contributed by atoms with E-state index in [0.717, 1.165) is 5.39 Å². The van der Waals surface area contributed by atoms with Crippen molar-refractivity contribution >= 4 is 19.3 Å². The normalized spacial score (nSPS) is 10.9. The largest absolute Gasteiger partial charge is 0.594 e. The first kappa shape index (κ1) is 6.50. The predicted molar refractivity (Wildman–Crippen MR) is 43.2 cm³/mol. The SMILES string of the molecule is [O-][n+]1npcc2ccccc21. The minimum atomic E-state index is 0.631. The fraction of sp³-hybridized carbons (Fsp3) is 0. The van der Waals surface area contributed by atoms with E-state index in [4.69, 9.17) is 0 Å². The molecule has 1 aromatic carbocycles. The van der Waals surface area contributed by atoms with Crippen molar-refractivity contribution in [1.29, 1.82) is 0 Å². The van der Waals surface area contributed by atoms with Crippen LogP contribution < -0.4 is 4.85 Å². The summed E-state index contributed by atoms with van der Waals surface area (Å²) in [5.41, 5.74) is 0.631. The zero-order valence-corrected chi connectivity index (χ0v) is 6.53. The van der Waals surface area contributed by atoms with Gasteiger partial charge in [0.25, 0.3) is 5.52 Å². The van der Waals surface area contributed by atoms with Crippen LogP contribution in [-0.4, -0.2) is 4.86 Å². The maximum Gasteiger partial charge on any atom is 0.252 e. The van der Waals surface area contributed by atoms with Crippen LogP contribution in [0.2, 0.25) is 0 Å². The average Bonchev–Trinajstić information content (AvgIpc) is 2.06. The van der Waals surface area contributed by atoms with E-state index >= 15 is 0 Å². The second-order valence-electron chi connectivity index (χ2n) is 2.17. The molecule has 2 aromatic rings. The first-order chi connectivity index (χ1) is 5.38. The highest BCUT2D eigenvalue weighted by Crippen LogP contribution is 2.10. The molecule has 0 amide bonds. The lowest BCUT2D eigenvalue weighted by molar-refractivity contribution is -0.635. The van der Waals surface area contributed by atoms with Crippen molar-refractivity contribution in [2.75, 3.05) is 0 Å². The highest BCUT2D eigenvalue weighted by molar-refractivity contribution is 7.24. The van der Waals surface area contributed by atoms with Crippen molar-refractivity contribution in [2.45, 2.75) is 0 Å². The van der Waals surface area contributed by atoms with Crippen LogP contribution in [0.3, 0.4) is 0 Å². The molecule has 0 radical (unpaired) electrons. The monoisotopic (exact) mass is 164 g/mol. The molecule has 11 heavy (non-hydrogen) atoms. The van der Waals surface area contributed by atoms with Crippen LogP contribution in [0.25, 0.3) is 10.9 Å². The summed E-state index contributed by atoms with van der Waals surface area (Å²) in [5, 5.41) is 12.0. The van der Waals surface area contributed by atoms with Gasteiger partial charge in [0.05, 0.1) is 5.39 Å². The van der Waals surface area contributed by atoms with Gasteiger partial charge < -0.3 is 5.21 Å². The summed E-state index contributed by atoms with van der Waals surface area (Å²) in [6.45, 7) is 0. The Kier molecular flexibility index (Phi) is 1.44. The van der Waals surface area contributed by atoms with Crippen molar-refractivity contribution in [3.05, 3.63) is 35.3 Å². The molecule has 0 unspecified atom stereocenters. The topological polar surface area (TPSA) is 39.8 Å². The van der Waals surface area contributed by atoms with Crippen molar-refractivity contribution in [2.24, 2.45) is 0 Å². The fourth-order valence-electron chi connectivity index (χ4n) is 0.954. The highest BCUT2D eigenvalue weighted by Gasteiger charge is 2.00. The van der Waals surface area contributed by atoms with Gasteiger partial charge in [-0.3, -0.25) is 0 Å². The molecule has 54 valence electrons. The molecule has 0 atom stereocenters. The second kappa shape index (κ2) is 2.44. The van der Waals surface area contributed by atoms with Gasteiger partial charge in [0.15, 0.2) is 0 Å². The molecule has 0 fully saturated rings. The van der Waals surface area contributed by atoms with Gasteiger partial charge in [-0.15, -0.1) is 0 Å². The van der Waals surface area contributed by atoms with Gasteiger partial charge in [0.2, 0.25) is 0 Å². The van der Waals surface area contributed by atoms with Gasteiger partial charge >= 0.3 is 0 Å². The maximum atomic E-state index is 11.0. The molecule has 1 heterocycles. The minimum Gasteiger partial charge on any atom is -0.594 e. The van der Waals surface area contributed by atoms with Crippen molar-refractivity contribution in [1.82, 2.24) is 4.86 Å². The predicted octanol–water partition coefficient (Wildman–Crippen LogP) is 1.45. The molecule has 2 rings (SSSR count). The van der Waals surface area contributed by atoms with Crippen molar-refractivity contribution in [3.63, 3.8) is 0 Å². The van der Waals surface area contributed by atoms with Crippen LogP contribution in [-0.2, 0) is 0 Å². The Hall–Kier alpha value is -1.21. The Bertz CT molecular complexity index is 386. The van der Waals surface area contributed by atoms with Gasteiger partial charge in [-0.05, 0) is 10.9 Å². The number of benzene rings is 1. The van der Waals surface area contributed by atoms with Crippen LogP contribution in [0.5, 0.6) is 0 Å². The van der Waals surface area contributed by atoms with E-state index in [9.17, 15) is 5.21 Å². The molecule has 4 heteroatoms. The first-order valence-electron chi connectivity index (χ1n) is 3.18. The Morgan fingerprint density at radius 3 is 3.00 bits per heavy atom. The Balaban J connectivity index is 2.91. The van der Waals surface area contributed by atoms with Crippen LogP contribution >= 0.6 is 8.35 Å². The summed E-state index contributed by atoms with van der Waals surface area (Å²) < 4.78 is 0. The van der Waals surface area contributed by atoms with Gasteiger partial charge in [0.1, 0.15) is 8.35 Å². The smallest absolute Gasteiger partial charge is 0.252 e. The van der Waals surface area contributed by atoms with Gasteiger partial charge in [0, 0.05) is 16.7 Å². The first-order valence-corrected chi connectivity index (χ1v) is 4.10. The third kappa shape index (κ3) is 1.03. The van der Waals surface area contributed by atoms with E-state index < -0.39 is 0 Å². The molecule has 0 bridgehead atoms. The van der Waals surface area contributed by atoms with Crippen molar-refractivity contribution in [3.8, 4) is 0 Å². The number of hydrogen-bond acceptors (Lipinski definition) is 2. The number of hydrogen-bond donors (Lipinski definition) is 0. The summed E-state index contributed by atoms with van der Waals surface area (Å²) in [6.07, 6.45) is 0. The lowest BCUT2D eigenvalue weighted by atomic mass is 10.3. The number of aromatic nitrogens is 2. The molecule has 1 aromatic heterocycles. The zero-order valence-electron chi connectivity index (χ0n) is 5.64. The highest BCUT2D eigenvalue weighted by atomic mass is 31.0. The van der Waals surface area contributed by atoms with Gasteiger partial charge in [-0.2, -0.15) is 0 Å².